The second kappa shape index (κ2) is 56.6. The third-order valence-corrected chi connectivity index (χ3v) is 20.9. The number of primary amides is 2. The van der Waals surface area contributed by atoms with Gasteiger partial charge in [0, 0.05) is 52.2 Å². The Morgan fingerprint density at radius 3 is 0.983 bits per heavy atom. The van der Waals surface area contributed by atoms with Crippen LogP contribution in [0.5, 0.6) is 0 Å². The molecule has 0 saturated carbocycles. The summed E-state index contributed by atoms with van der Waals surface area (Å²) in [6.07, 6.45) is 4.45. The number of rotatable bonds is 60. The van der Waals surface area contributed by atoms with Gasteiger partial charge in [-0.2, -0.15) is 0 Å². The van der Waals surface area contributed by atoms with Crippen molar-refractivity contribution in [1.29, 1.82) is 0 Å². The molecule has 2 aliphatic rings. The maximum absolute atomic E-state index is 14.0. The van der Waals surface area contributed by atoms with Crippen molar-refractivity contribution in [3.05, 3.63) is 0 Å². The Kier molecular flexibility index (Phi) is 50.5. The van der Waals surface area contributed by atoms with Crippen LogP contribution in [0, 0.1) is 23.7 Å². The smallest absolute Gasteiger partial charge is 0.246 e. The number of nitrogens with two attached hydrogens (primary N) is 4. The third kappa shape index (κ3) is 37.8. The number of unbranched alkanes of at least 4 members (excludes halogenated alkanes) is 2. The molecular formula is C78H142N20O19. The molecule has 0 unspecified atom stereocenters. The summed E-state index contributed by atoms with van der Waals surface area (Å²) in [7, 11) is 3.24. The number of carbonyl (C=O) groups excluding carboxylic acids is 16. The Balaban J connectivity index is 1.92. The van der Waals surface area contributed by atoms with Gasteiger partial charge in [0.15, 0.2) is 0 Å². The quantitative estimate of drug-likeness (QED) is 0.0261. The topological polar surface area (TPSA) is 580 Å². The first-order chi connectivity index (χ1) is 55.4. The predicted octanol–water partition coefficient (Wildman–Crippen LogP) is -3.67. The summed E-state index contributed by atoms with van der Waals surface area (Å²) in [5, 5.41) is 38.3. The molecule has 0 aromatic rings. The molecule has 39 nitrogen and oxygen atoms in total. The number of likely N-dealkylation sites (N-methyl/N-ethyl adjacent to an activating group) is 2. The minimum Gasteiger partial charge on any atom is -0.379 e. The zero-order valence-corrected chi connectivity index (χ0v) is 71.6. The SMILES string of the molecule is CC[C@H](C)[C@H](NC(=O)[C@@H]1CCCN1C(=O)[C@@H](NC(=O)[C@H](C)NC)C(C)C)C(=O)N[C@@H](C)C(=O)N[C@@H](CCC(N)=O)C(=O)N[C@@H](CCCCN)C(=O)NCCCOCCOCCOCCCNC(=O)[C@H](CCCCN)NC(=O)[C@H](CCC(N)=O)NC(=O)[C@H](C)NC(=O)[C@@H](NC(=O)[C@@H]1CCCN1C(=O)[C@@H](NC(=O)[C@H](C)NC)C(C)C)[C@@H](C)CC. The van der Waals surface area contributed by atoms with Gasteiger partial charge in [-0.3, -0.25) is 76.7 Å². The summed E-state index contributed by atoms with van der Waals surface area (Å²) in [4.78, 5) is 219. The Morgan fingerprint density at radius 1 is 0.359 bits per heavy atom. The number of carbonyl (C=O) groups is 16. The van der Waals surface area contributed by atoms with Crippen LogP contribution in [0.4, 0.5) is 0 Å². The van der Waals surface area contributed by atoms with E-state index < -0.39 is 179 Å². The molecule has 0 bridgehead atoms. The highest BCUT2D eigenvalue weighted by atomic mass is 16.5. The predicted molar refractivity (Wildman–Crippen MR) is 436 cm³/mol. The van der Waals surface area contributed by atoms with Gasteiger partial charge in [-0.05, 0) is 168 Å². The van der Waals surface area contributed by atoms with E-state index in [1.165, 1.54) is 23.6 Å². The minimum atomic E-state index is -1.38. The van der Waals surface area contributed by atoms with Crippen LogP contribution in [0.1, 0.15) is 199 Å². The normalized spacial score (nSPS) is 17.6. The van der Waals surface area contributed by atoms with Crippen molar-refractivity contribution in [3.63, 3.8) is 0 Å². The fourth-order valence-corrected chi connectivity index (χ4v) is 12.8. The van der Waals surface area contributed by atoms with E-state index in [4.69, 9.17) is 37.1 Å². The van der Waals surface area contributed by atoms with Gasteiger partial charge in [0.2, 0.25) is 94.5 Å². The highest BCUT2D eigenvalue weighted by Gasteiger charge is 2.44. The summed E-state index contributed by atoms with van der Waals surface area (Å²) < 4.78 is 17.0. The molecule has 0 aliphatic carbocycles. The van der Waals surface area contributed by atoms with Crippen LogP contribution in [-0.4, -0.2) is 282 Å². The number of amides is 16. The Labute approximate surface area is 689 Å². The largest absolute Gasteiger partial charge is 0.379 e. The molecule has 0 aromatic heterocycles. The summed E-state index contributed by atoms with van der Waals surface area (Å²) >= 11 is 0. The number of nitrogens with zero attached hydrogens (tertiary/aromatic N) is 2. The van der Waals surface area contributed by atoms with E-state index in [1.807, 2.05) is 13.8 Å². The fourth-order valence-electron chi connectivity index (χ4n) is 12.8. The van der Waals surface area contributed by atoms with Gasteiger partial charge < -0.3 is 121 Å². The zero-order chi connectivity index (χ0) is 88.0. The molecule has 0 radical (unpaired) electrons. The van der Waals surface area contributed by atoms with Gasteiger partial charge in [-0.15, -0.1) is 0 Å². The molecule has 2 heterocycles. The van der Waals surface area contributed by atoms with Crippen molar-refractivity contribution < 1.29 is 90.9 Å². The number of hydrogen-bond donors (Lipinski definition) is 18. The average molecular weight is 1660 g/mol. The first-order valence-electron chi connectivity index (χ1n) is 41.7. The van der Waals surface area contributed by atoms with Crippen LogP contribution in [0.15, 0.2) is 0 Å². The van der Waals surface area contributed by atoms with Gasteiger partial charge in [0.25, 0.3) is 0 Å². The Morgan fingerprint density at radius 2 is 0.675 bits per heavy atom. The molecule has 668 valence electrons. The third-order valence-electron chi connectivity index (χ3n) is 20.9. The monoisotopic (exact) mass is 1660 g/mol. The molecule has 117 heavy (non-hydrogen) atoms. The lowest BCUT2D eigenvalue weighted by molar-refractivity contribution is -0.143. The molecule has 16 atom stereocenters. The Bertz CT molecular complexity index is 2990. The lowest BCUT2D eigenvalue weighted by Gasteiger charge is -2.32. The second-order valence-electron chi connectivity index (χ2n) is 31.0. The maximum atomic E-state index is 14.0. The molecular weight excluding hydrogens is 1520 g/mol. The van der Waals surface area contributed by atoms with E-state index in [1.54, 1.807) is 69.5 Å². The van der Waals surface area contributed by atoms with Crippen LogP contribution in [-0.2, 0) is 90.9 Å². The molecule has 39 heteroatoms. The van der Waals surface area contributed by atoms with Crippen molar-refractivity contribution >= 4 is 94.5 Å². The number of likely N-dealkylation sites (tertiary alicyclic amines) is 2. The van der Waals surface area contributed by atoms with E-state index in [0.717, 1.165) is 0 Å². The maximum Gasteiger partial charge on any atom is 0.246 e. The summed E-state index contributed by atoms with van der Waals surface area (Å²) in [6.45, 7) is 23.1. The van der Waals surface area contributed by atoms with Gasteiger partial charge in [-0.1, -0.05) is 68.2 Å². The summed E-state index contributed by atoms with van der Waals surface area (Å²) in [5.41, 5.74) is 22.4. The standard InChI is InChI=1S/C78H142N20O19/c1-15-47(7)63(95-73(109)57-27-21-37-97(57)77(113)61(45(3)4)93-65(101)49(9)83-13)75(111)87-51(11)67(103)89-55(29-31-59(81)99)71(107)91-53(25-17-19-33-79)69(105)85-35-23-39-115-41-43-117-44-42-116-40-24-36-86-70(106)54(26-18-20-34-80)92-72(108)56(30-32-60(82)100)90-68(104)52(12)88-76(112)64(48(8)16-2)96-74(110)58-28-22-38-98(58)78(114)62(46(5)6)94-66(102)50(10)84-14/h45-58,61-64,83-84H,15-44,79-80H2,1-14H3,(H2,81,99)(H2,82,100)(H,85,105)(H,86,106)(H,87,111)(H,88,112)(H,89,103)(H,90,104)(H,91,107)(H,92,108)(H,93,101)(H,94,102)(H,95,109)(H,96,110)/t47-,48-,49-,50-,51-,52-,53-,54-,55-,56-,57-,58-,61-,62-,63-,64-/m0/s1. The molecule has 0 spiro atoms. The van der Waals surface area contributed by atoms with Gasteiger partial charge in [0.1, 0.15) is 72.5 Å². The van der Waals surface area contributed by atoms with E-state index in [9.17, 15) is 76.7 Å². The van der Waals surface area contributed by atoms with Crippen LogP contribution in [0.2, 0.25) is 0 Å². The summed E-state index contributed by atoms with van der Waals surface area (Å²) in [5.74, 6) is -11.5. The van der Waals surface area contributed by atoms with Gasteiger partial charge in [0.05, 0.1) is 38.5 Å². The first-order valence-corrected chi connectivity index (χ1v) is 41.7. The number of ether oxygens (including phenoxy) is 3. The summed E-state index contributed by atoms with van der Waals surface area (Å²) in [6, 6.07) is -14.6. The molecule has 2 aliphatic heterocycles. The van der Waals surface area contributed by atoms with Crippen LogP contribution >= 0.6 is 0 Å². The highest BCUT2D eigenvalue weighted by molar-refractivity contribution is 6.00. The van der Waals surface area contributed by atoms with Crippen molar-refractivity contribution in [2.45, 2.75) is 283 Å². The lowest BCUT2D eigenvalue weighted by Crippen LogP contribution is -2.60. The zero-order valence-electron chi connectivity index (χ0n) is 71.6. The van der Waals surface area contributed by atoms with Gasteiger partial charge in [-0.25, -0.2) is 0 Å². The molecule has 2 fully saturated rings. The van der Waals surface area contributed by atoms with Crippen molar-refractivity contribution in [3.8, 4) is 0 Å². The van der Waals surface area contributed by atoms with Crippen molar-refractivity contribution in [1.82, 2.24) is 84.2 Å². The lowest BCUT2D eigenvalue weighted by atomic mass is 9.97. The Hall–Kier alpha value is -8.76. The van der Waals surface area contributed by atoms with Crippen LogP contribution in [0.3, 0.4) is 0 Å². The van der Waals surface area contributed by atoms with Crippen LogP contribution in [0.25, 0.3) is 0 Å². The highest BCUT2D eigenvalue weighted by Crippen LogP contribution is 2.24. The van der Waals surface area contributed by atoms with E-state index >= 15 is 0 Å². The van der Waals surface area contributed by atoms with Gasteiger partial charge >= 0.3 is 0 Å². The number of hydrogen-bond acceptors (Lipinski definition) is 23. The van der Waals surface area contributed by atoms with E-state index in [-0.39, 0.29) is 128 Å². The second-order valence-corrected chi connectivity index (χ2v) is 31.0. The average Bonchev–Trinajstić information content (AvgIpc) is 1.70. The molecule has 22 N–H and O–H groups in total. The first kappa shape index (κ1) is 104. The molecule has 16 amide bonds. The minimum absolute atomic E-state index is 0.161. The molecule has 0 aromatic carbocycles. The molecule has 2 saturated heterocycles. The van der Waals surface area contributed by atoms with E-state index in [0.29, 0.717) is 90.1 Å². The van der Waals surface area contributed by atoms with E-state index in [2.05, 4.69) is 74.4 Å². The van der Waals surface area contributed by atoms with Crippen molar-refractivity contribution in [2.24, 2.45) is 46.6 Å². The number of nitrogens with one attached hydrogen (secondary N) is 14. The molecule has 2 rings (SSSR count). The fraction of sp³-hybridized carbons (Fsp3) is 0.795. The van der Waals surface area contributed by atoms with Crippen molar-refractivity contribution in [2.75, 3.05) is 93.0 Å². The van der Waals surface area contributed by atoms with Crippen LogP contribution < -0.4 is 97.4 Å².